The normalized spacial score (nSPS) is 12.4. The monoisotopic (exact) mass is 308 g/mol. The van der Waals surface area contributed by atoms with Gasteiger partial charge in [-0.05, 0) is 49.1 Å². The van der Waals surface area contributed by atoms with Crippen LogP contribution in [0.5, 0.6) is 0 Å². The van der Waals surface area contributed by atoms with Crippen LogP contribution in [0.25, 0.3) is 0 Å². The zero-order valence-electron chi connectivity index (χ0n) is 11.6. The van der Waals surface area contributed by atoms with E-state index < -0.39 is 0 Å². The van der Waals surface area contributed by atoms with E-state index in [1.165, 1.54) is 16.7 Å². The molecule has 2 aromatic carbocycles. The lowest BCUT2D eigenvalue weighted by molar-refractivity contribution is 0.549. The first-order valence-corrected chi connectivity index (χ1v) is 7.24. The highest BCUT2D eigenvalue weighted by molar-refractivity contribution is 6.42. The maximum atomic E-state index is 6.06. The summed E-state index contributed by atoms with van der Waals surface area (Å²) in [7, 11) is 0. The molecule has 0 aliphatic heterocycles. The second-order valence-corrected chi connectivity index (χ2v) is 5.85. The fourth-order valence-electron chi connectivity index (χ4n) is 2.30. The number of halogens is 2. The molecular formula is C16H18Cl2N2. The summed E-state index contributed by atoms with van der Waals surface area (Å²) in [6.07, 6.45) is 0.762. The van der Waals surface area contributed by atoms with E-state index in [0.29, 0.717) is 10.0 Å². The van der Waals surface area contributed by atoms with Crippen molar-refractivity contribution in [3.05, 3.63) is 68.7 Å². The lowest BCUT2D eigenvalue weighted by Crippen LogP contribution is -2.30. The van der Waals surface area contributed by atoms with Gasteiger partial charge in [-0.25, -0.2) is 0 Å². The Morgan fingerprint density at radius 1 is 1.05 bits per heavy atom. The molecule has 0 aromatic heterocycles. The number of hydrogen-bond donors (Lipinski definition) is 2. The third kappa shape index (κ3) is 3.53. The molecule has 4 heteroatoms. The van der Waals surface area contributed by atoms with Crippen LogP contribution < -0.4 is 11.3 Å². The van der Waals surface area contributed by atoms with Crippen LogP contribution in [0.1, 0.15) is 28.3 Å². The van der Waals surface area contributed by atoms with Gasteiger partial charge in [0.05, 0.1) is 16.1 Å². The number of nitrogens with one attached hydrogen (secondary N) is 1. The lowest BCUT2D eigenvalue weighted by Gasteiger charge is -2.19. The first-order valence-electron chi connectivity index (χ1n) is 6.48. The van der Waals surface area contributed by atoms with Gasteiger partial charge in [0.25, 0.3) is 0 Å². The highest BCUT2D eigenvalue weighted by Crippen LogP contribution is 2.27. The minimum atomic E-state index is 0.0483. The standard InChI is InChI=1S/C16H18Cl2N2/c1-10-3-4-11(2)13(7-10)16(20-19)9-12-5-6-14(17)15(18)8-12/h3-8,16,20H,9,19H2,1-2H3. The summed E-state index contributed by atoms with van der Waals surface area (Å²) in [5.74, 6) is 5.73. The molecule has 1 atom stereocenters. The Labute approximate surface area is 129 Å². The van der Waals surface area contributed by atoms with E-state index >= 15 is 0 Å². The predicted molar refractivity (Wildman–Crippen MR) is 86.1 cm³/mol. The quantitative estimate of drug-likeness (QED) is 0.650. The molecule has 0 saturated carbocycles. The fourth-order valence-corrected chi connectivity index (χ4v) is 2.62. The van der Waals surface area contributed by atoms with Gasteiger partial charge in [-0.1, -0.05) is 53.0 Å². The fraction of sp³-hybridized carbons (Fsp3) is 0.250. The number of hydrogen-bond acceptors (Lipinski definition) is 2. The smallest absolute Gasteiger partial charge is 0.0595 e. The Kier molecular flexibility index (Phi) is 5.06. The van der Waals surface area contributed by atoms with Gasteiger partial charge in [0.1, 0.15) is 0 Å². The zero-order valence-corrected chi connectivity index (χ0v) is 13.1. The van der Waals surface area contributed by atoms with Gasteiger partial charge in [-0.2, -0.15) is 0 Å². The molecule has 0 bridgehead atoms. The summed E-state index contributed by atoms with van der Waals surface area (Å²) in [6, 6.07) is 12.1. The van der Waals surface area contributed by atoms with Gasteiger partial charge in [0.2, 0.25) is 0 Å². The Bertz CT molecular complexity index is 611. The van der Waals surface area contributed by atoms with Crippen molar-refractivity contribution in [3.8, 4) is 0 Å². The first-order chi connectivity index (χ1) is 9.51. The maximum absolute atomic E-state index is 6.06. The van der Waals surface area contributed by atoms with Gasteiger partial charge in [-0.15, -0.1) is 0 Å². The van der Waals surface area contributed by atoms with E-state index in [-0.39, 0.29) is 6.04 Å². The van der Waals surface area contributed by atoms with Gasteiger partial charge >= 0.3 is 0 Å². The van der Waals surface area contributed by atoms with Crippen molar-refractivity contribution in [2.24, 2.45) is 5.84 Å². The van der Waals surface area contributed by atoms with Gasteiger partial charge in [0.15, 0.2) is 0 Å². The molecule has 20 heavy (non-hydrogen) atoms. The Morgan fingerprint density at radius 3 is 2.45 bits per heavy atom. The summed E-state index contributed by atoms with van der Waals surface area (Å²) in [6.45, 7) is 4.17. The van der Waals surface area contributed by atoms with E-state index in [4.69, 9.17) is 29.0 Å². The third-order valence-electron chi connectivity index (χ3n) is 3.44. The molecule has 0 amide bonds. The molecule has 0 fully saturated rings. The van der Waals surface area contributed by atoms with Gasteiger partial charge < -0.3 is 0 Å². The second-order valence-electron chi connectivity index (χ2n) is 5.03. The molecular weight excluding hydrogens is 291 g/mol. The second kappa shape index (κ2) is 6.59. The van der Waals surface area contributed by atoms with Crippen LogP contribution in [-0.4, -0.2) is 0 Å². The van der Waals surface area contributed by atoms with Crippen LogP contribution in [0.2, 0.25) is 10.0 Å². The van der Waals surface area contributed by atoms with E-state index in [2.05, 4.69) is 37.5 Å². The molecule has 0 spiro atoms. The van der Waals surface area contributed by atoms with Crippen LogP contribution in [-0.2, 0) is 6.42 Å². The van der Waals surface area contributed by atoms with Crippen molar-refractivity contribution < 1.29 is 0 Å². The Balaban J connectivity index is 2.28. The summed E-state index contributed by atoms with van der Waals surface area (Å²) < 4.78 is 0. The molecule has 0 radical (unpaired) electrons. The maximum Gasteiger partial charge on any atom is 0.0595 e. The summed E-state index contributed by atoms with van der Waals surface area (Å²) in [5, 5.41) is 1.14. The molecule has 0 aliphatic rings. The average molecular weight is 309 g/mol. The highest BCUT2D eigenvalue weighted by atomic mass is 35.5. The lowest BCUT2D eigenvalue weighted by atomic mass is 9.94. The van der Waals surface area contributed by atoms with Crippen molar-refractivity contribution in [2.75, 3.05) is 0 Å². The van der Waals surface area contributed by atoms with Crippen molar-refractivity contribution >= 4 is 23.2 Å². The van der Waals surface area contributed by atoms with Crippen molar-refractivity contribution in [1.82, 2.24) is 5.43 Å². The molecule has 2 aromatic rings. The molecule has 1 unspecified atom stereocenters. The SMILES string of the molecule is Cc1ccc(C)c(C(Cc2ccc(Cl)c(Cl)c2)NN)c1. The van der Waals surface area contributed by atoms with E-state index in [9.17, 15) is 0 Å². The van der Waals surface area contributed by atoms with Crippen molar-refractivity contribution in [3.63, 3.8) is 0 Å². The largest absolute Gasteiger partial charge is 0.271 e. The van der Waals surface area contributed by atoms with E-state index in [0.717, 1.165) is 12.0 Å². The molecule has 2 rings (SSSR count). The first kappa shape index (κ1) is 15.3. The van der Waals surface area contributed by atoms with Crippen LogP contribution in [0, 0.1) is 13.8 Å². The molecule has 2 nitrogen and oxygen atoms in total. The number of rotatable bonds is 4. The molecule has 0 saturated heterocycles. The minimum Gasteiger partial charge on any atom is -0.271 e. The predicted octanol–water partition coefficient (Wildman–Crippen LogP) is 4.36. The van der Waals surface area contributed by atoms with E-state index in [1.54, 1.807) is 0 Å². The molecule has 3 N–H and O–H groups in total. The minimum absolute atomic E-state index is 0.0483. The number of aryl methyl sites for hydroxylation is 2. The van der Waals surface area contributed by atoms with Crippen LogP contribution >= 0.6 is 23.2 Å². The number of hydrazine groups is 1. The highest BCUT2D eigenvalue weighted by Gasteiger charge is 2.14. The summed E-state index contributed by atoms with van der Waals surface area (Å²) in [4.78, 5) is 0. The van der Waals surface area contributed by atoms with Crippen LogP contribution in [0.15, 0.2) is 36.4 Å². The average Bonchev–Trinajstić information content (AvgIpc) is 2.43. The summed E-state index contributed by atoms with van der Waals surface area (Å²) in [5.41, 5.74) is 7.64. The topological polar surface area (TPSA) is 38.0 Å². The van der Waals surface area contributed by atoms with Crippen LogP contribution in [0.4, 0.5) is 0 Å². The number of benzene rings is 2. The zero-order chi connectivity index (χ0) is 14.7. The molecule has 0 heterocycles. The van der Waals surface area contributed by atoms with E-state index in [1.807, 2.05) is 18.2 Å². The molecule has 0 aliphatic carbocycles. The van der Waals surface area contributed by atoms with Gasteiger partial charge in [0, 0.05) is 0 Å². The Hall–Kier alpha value is -1.06. The van der Waals surface area contributed by atoms with Crippen molar-refractivity contribution in [1.29, 1.82) is 0 Å². The van der Waals surface area contributed by atoms with Crippen molar-refractivity contribution in [2.45, 2.75) is 26.3 Å². The van der Waals surface area contributed by atoms with Crippen LogP contribution in [0.3, 0.4) is 0 Å². The summed E-state index contributed by atoms with van der Waals surface area (Å²) >= 11 is 12.0. The Morgan fingerprint density at radius 2 is 1.80 bits per heavy atom. The third-order valence-corrected chi connectivity index (χ3v) is 4.17. The number of nitrogens with two attached hydrogens (primary N) is 1. The molecule has 106 valence electrons. The van der Waals surface area contributed by atoms with Gasteiger partial charge in [-0.3, -0.25) is 11.3 Å².